The van der Waals surface area contributed by atoms with Gasteiger partial charge in [-0.15, -0.1) is 0 Å². The Morgan fingerprint density at radius 3 is 2.94 bits per heavy atom. The van der Waals surface area contributed by atoms with Gasteiger partial charge in [-0.2, -0.15) is 0 Å². The Balaban J connectivity index is 1.79. The summed E-state index contributed by atoms with van der Waals surface area (Å²) < 4.78 is 13.1. The summed E-state index contributed by atoms with van der Waals surface area (Å²) in [6.07, 6.45) is 2.61. The Hall–Kier alpha value is -0.640. The molecule has 1 fully saturated rings. The van der Waals surface area contributed by atoms with Crippen LogP contribution in [-0.2, 0) is 6.54 Å². The van der Waals surface area contributed by atoms with Gasteiger partial charge in [-0.05, 0) is 43.7 Å². The van der Waals surface area contributed by atoms with E-state index < -0.39 is 0 Å². The van der Waals surface area contributed by atoms with E-state index in [1.165, 1.54) is 25.0 Å². The van der Waals surface area contributed by atoms with Crippen molar-refractivity contribution in [2.45, 2.75) is 25.4 Å². The van der Waals surface area contributed by atoms with E-state index in [-0.39, 0.29) is 5.82 Å². The zero-order chi connectivity index (χ0) is 12.3. The maximum absolute atomic E-state index is 13.1. The second-order valence-electron chi connectivity index (χ2n) is 4.70. The predicted octanol–water partition coefficient (Wildman–Crippen LogP) is 2.66. The van der Waals surface area contributed by atoms with Crippen LogP contribution in [-0.4, -0.2) is 31.1 Å². The van der Waals surface area contributed by atoms with Crippen molar-refractivity contribution in [1.29, 1.82) is 0 Å². The van der Waals surface area contributed by atoms with Gasteiger partial charge in [0.1, 0.15) is 5.82 Å². The molecule has 1 aromatic carbocycles. The van der Waals surface area contributed by atoms with Gasteiger partial charge < -0.3 is 10.2 Å². The molecule has 0 amide bonds. The third-order valence-electron chi connectivity index (χ3n) is 2.95. The molecule has 17 heavy (non-hydrogen) atoms. The van der Waals surface area contributed by atoms with E-state index in [2.05, 4.69) is 10.2 Å². The minimum atomic E-state index is -0.228. The summed E-state index contributed by atoms with van der Waals surface area (Å²) in [7, 11) is 2.02. The van der Waals surface area contributed by atoms with Crippen LogP contribution in [0, 0.1) is 5.82 Å². The van der Waals surface area contributed by atoms with Gasteiger partial charge in [-0.3, -0.25) is 0 Å². The fraction of sp³-hybridized carbons (Fsp3) is 0.538. The van der Waals surface area contributed by atoms with Gasteiger partial charge in [-0.1, -0.05) is 11.6 Å². The highest BCUT2D eigenvalue weighted by molar-refractivity contribution is 6.31. The van der Waals surface area contributed by atoms with E-state index in [9.17, 15) is 4.39 Å². The highest BCUT2D eigenvalue weighted by Crippen LogP contribution is 2.19. The number of nitrogens with one attached hydrogen (secondary N) is 1. The van der Waals surface area contributed by atoms with Crippen LogP contribution < -0.4 is 5.32 Å². The molecule has 0 heterocycles. The Bertz CT molecular complexity index is 380. The molecule has 0 radical (unpaired) electrons. The number of nitrogens with zero attached hydrogens (tertiary/aromatic N) is 1. The smallest absolute Gasteiger partial charge is 0.123 e. The van der Waals surface area contributed by atoms with Crippen molar-refractivity contribution in [2.75, 3.05) is 20.1 Å². The standard InChI is InChI=1S/C13H18ClFN2/c1-17(7-6-16-12-3-4-12)9-10-8-11(15)2-5-13(10)14/h2,5,8,12,16H,3-4,6-7,9H2,1H3. The van der Waals surface area contributed by atoms with E-state index in [1.807, 2.05) is 7.05 Å². The van der Waals surface area contributed by atoms with Crippen molar-refractivity contribution in [3.63, 3.8) is 0 Å². The first-order valence-corrected chi connectivity index (χ1v) is 6.39. The number of halogens is 2. The van der Waals surface area contributed by atoms with Gasteiger partial charge in [-0.25, -0.2) is 4.39 Å². The van der Waals surface area contributed by atoms with Crippen LogP contribution in [0.15, 0.2) is 18.2 Å². The summed E-state index contributed by atoms with van der Waals surface area (Å²) in [6.45, 7) is 2.61. The minimum Gasteiger partial charge on any atom is -0.313 e. The van der Waals surface area contributed by atoms with Crippen LogP contribution in [0.25, 0.3) is 0 Å². The van der Waals surface area contributed by atoms with Crippen LogP contribution in [0.2, 0.25) is 5.02 Å². The molecule has 1 aromatic rings. The highest BCUT2D eigenvalue weighted by atomic mass is 35.5. The first kappa shape index (κ1) is 12.8. The highest BCUT2D eigenvalue weighted by Gasteiger charge is 2.19. The van der Waals surface area contributed by atoms with Crippen molar-refractivity contribution < 1.29 is 4.39 Å². The normalized spacial score (nSPS) is 15.5. The number of hydrogen-bond acceptors (Lipinski definition) is 2. The lowest BCUT2D eigenvalue weighted by molar-refractivity contribution is 0.323. The van der Waals surface area contributed by atoms with Gasteiger partial charge in [0.05, 0.1) is 0 Å². The molecule has 0 bridgehead atoms. The second-order valence-corrected chi connectivity index (χ2v) is 5.11. The van der Waals surface area contributed by atoms with Crippen molar-refractivity contribution in [2.24, 2.45) is 0 Å². The zero-order valence-electron chi connectivity index (χ0n) is 10.0. The molecule has 1 aliphatic rings. The van der Waals surface area contributed by atoms with E-state index in [0.29, 0.717) is 11.6 Å². The lowest BCUT2D eigenvalue weighted by atomic mass is 10.2. The Morgan fingerprint density at radius 1 is 1.47 bits per heavy atom. The average molecular weight is 257 g/mol. The molecule has 94 valence electrons. The lowest BCUT2D eigenvalue weighted by Crippen LogP contribution is -2.30. The van der Waals surface area contributed by atoms with Gasteiger partial charge in [0, 0.05) is 30.7 Å². The Morgan fingerprint density at radius 2 is 2.24 bits per heavy atom. The second kappa shape index (κ2) is 5.80. The summed E-state index contributed by atoms with van der Waals surface area (Å²) in [6, 6.07) is 5.25. The lowest BCUT2D eigenvalue weighted by Gasteiger charge is -2.17. The van der Waals surface area contributed by atoms with E-state index >= 15 is 0 Å². The minimum absolute atomic E-state index is 0.228. The number of rotatable bonds is 6. The molecule has 0 saturated heterocycles. The molecule has 0 atom stereocenters. The largest absolute Gasteiger partial charge is 0.313 e. The average Bonchev–Trinajstić information content (AvgIpc) is 3.07. The molecule has 0 spiro atoms. The molecule has 0 aliphatic heterocycles. The molecule has 0 unspecified atom stereocenters. The Kier molecular flexibility index (Phi) is 4.37. The van der Waals surface area contributed by atoms with Crippen molar-refractivity contribution in [3.05, 3.63) is 34.6 Å². The molecule has 1 N–H and O–H groups in total. The summed E-state index contributed by atoms with van der Waals surface area (Å²) in [5.41, 5.74) is 0.848. The zero-order valence-corrected chi connectivity index (χ0v) is 10.8. The molecular weight excluding hydrogens is 239 g/mol. The summed E-state index contributed by atoms with van der Waals surface area (Å²) in [5, 5.41) is 4.08. The van der Waals surface area contributed by atoms with Crippen LogP contribution in [0.1, 0.15) is 18.4 Å². The third-order valence-corrected chi connectivity index (χ3v) is 3.32. The monoisotopic (exact) mass is 256 g/mol. The van der Waals surface area contributed by atoms with Gasteiger partial charge in [0.25, 0.3) is 0 Å². The molecule has 2 nitrogen and oxygen atoms in total. The molecule has 2 rings (SSSR count). The van der Waals surface area contributed by atoms with Crippen LogP contribution in [0.4, 0.5) is 4.39 Å². The fourth-order valence-electron chi connectivity index (χ4n) is 1.78. The first-order chi connectivity index (χ1) is 8.15. The SMILES string of the molecule is CN(CCNC1CC1)Cc1cc(F)ccc1Cl. The number of benzene rings is 1. The summed E-state index contributed by atoms with van der Waals surface area (Å²) >= 11 is 6.03. The van der Waals surface area contributed by atoms with Crippen LogP contribution in [0.3, 0.4) is 0 Å². The summed E-state index contributed by atoms with van der Waals surface area (Å²) in [4.78, 5) is 2.15. The molecular formula is C13H18ClFN2. The maximum atomic E-state index is 13.1. The maximum Gasteiger partial charge on any atom is 0.123 e. The van der Waals surface area contributed by atoms with E-state index in [1.54, 1.807) is 6.07 Å². The van der Waals surface area contributed by atoms with Crippen molar-refractivity contribution in [3.8, 4) is 0 Å². The van der Waals surface area contributed by atoms with Gasteiger partial charge in [0.15, 0.2) is 0 Å². The molecule has 1 saturated carbocycles. The topological polar surface area (TPSA) is 15.3 Å². The van der Waals surface area contributed by atoms with Crippen molar-refractivity contribution >= 4 is 11.6 Å². The van der Waals surface area contributed by atoms with Gasteiger partial charge in [0.2, 0.25) is 0 Å². The third kappa shape index (κ3) is 4.26. The van der Waals surface area contributed by atoms with Gasteiger partial charge >= 0.3 is 0 Å². The van der Waals surface area contributed by atoms with E-state index in [0.717, 1.165) is 24.7 Å². The Labute approximate surface area is 107 Å². The molecule has 1 aliphatic carbocycles. The quantitative estimate of drug-likeness (QED) is 0.842. The van der Waals surface area contributed by atoms with Crippen LogP contribution in [0.5, 0.6) is 0 Å². The first-order valence-electron chi connectivity index (χ1n) is 6.01. The van der Waals surface area contributed by atoms with E-state index in [4.69, 9.17) is 11.6 Å². The molecule has 0 aromatic heterocycles. The van der Waals surface area contributed by atoms with Crippen molar-refractivity contribution in [1.82, 2.24) is 10.2 Å². The molecule has 4 heteroatoms. The van der Waals surface area contributed by atoms with Crippen LogP contribution >= 0.6 is 11.6 Å². The fourth-order valence-corrected chi connectivity index (χ4v) is 1.96. The summed E-state index contributed by atoms with van der Waals surface area (Å²) in [5.74, 6) is -0.228. The number of likely N-dealkylation sites (N-methyl/N-ethyl adjacent to an activating group) is 1. The predicted molar refractivity (Wildman–Crippen MR) is 68.8 cm³/mol. The number of hydrogen-bond donors (Lipinski definition) is 1.